The predicted molar refractivity (Wildman–Crippen MR) is 38.6 cm³/mol. The number of nitrogens with zero attached hydrogens (tertiary/aromatic N) is 1. The van der Waals surface area contributed by atoms with E-state index in [-0.39, 0.29) is 17.2 Å². The molecule has 0 spiro atoms. The molecule has 0 aliphatic rings. The number of anilines is 1. The largest absolute Gasteiger partial charge is 0.396 e. The Morgan fingerprint density at radius 3 is 2.82 bits per heavy atom. The summed E-state index contributed by atoms with van der Waals surface area (Å²) in [6, 6.07) is 1.22. The lowest BCUT2D eigenvalue weighted by molar-refractivity contribution is 0.101. The van der Waals surface area contributed by atoms with Gasteiger partial charge >= 0.3 is 0 Å². The van der Waals surface area contributed by atoms with Crippen molar-refractivity contribution in [3.8, 4) is 0 Å². The lowest BCUT2D eigenvalue weighted by atomic mass is 10.2. The predicted octanol–water partition coefficient (Wildman–Crippen LogP) is 1.01. The van der Waals surface area contributed by atoms with Gasteiger partial charge in [0.25, 0.3) is 0 Å². The number of carbonyl (C=O) groups excluding carboxylic acids is 1. The normalized spacial score (nSPS) is 9.64. The quantitative estimate of drug-likeness (QED) is 0.614. The van der Waals surface area contributed by atoms with Gasteiger partial charge in [0.2, 0.25) is 0 Å². The SMILES string of the molecule is CC(=O)c1cc(N)c(F)cn1. The van der Waals surface area contributed by atoms with Crippen molar-refractivity contribution in [2.75, 3.05) is 5.73 Å². The van der Waals surface area contributed by atoms with Gasteiger partial charge in [-0.25, -0.2) is 9.37 Å². The summed E-state index contributed by atoms with van der Waals surface area (Å²) in [4.78, 5) is 14.2. The molecule has 0 fully saturated rings. The molecule has 0 saturated heterocycles. The maximum atomic E-state index is 12.5. The number of ketones is 1. The number of hydrogen-bond acceptors (Lipinski definition) is 3. The zero-order valence-corrected chi connectivity index (χ0v) is 5.97. The standard InChI is InChI=1S/C7H7FN2O/c1-4(11)7-2-6(9)5(8)3-10-7/h2-3H,1H3,(H2,9,10). The van der Waals surface area contributed by atoms with Crippen LogP contribution in [0, 0.1) is 5.82 Å². The smallest absolute Gasteiger partial charge is 0.178 e. The minimum Gasteiger partial charge on any atom is -0.396 e. The van der Waals surface area contributed by atoms with Crippen molar-refractivity contribution in [3.05, 3.63) is 23.8 Å². The topological polar surface area (TPSA) is 56.0 Å². The minimum absolute atomic E-state index is 0.0507. The summed E-state index contributed by atoms with van der Waals surface area (Å²) in [6.45, 7) is 1.35. The fourth-order valence-electron chi connectivity index (χ4n) is 0.647. The van der Waals surface area contributed by atoms with Crippen molar-refractivity contribution in [1.29, 1.82) is 0 Å². The van der Waals surface area contributed by atoms with Crippen LogP contribution in [0.15, 0.2) is 12.3 Å². The Balaban J connectivity index is 3.15. The Morgan fingerprint density at radius 2 is 2.36 bits per heavy atom. The molecule has 1 aromatic rings. The Morgan fingerprint density at radius 1 is 1.73 bits per heavy atom. The third-order valence-corrected chi connectivity index (χ3v) is 1.25. The van der Waals surface area contributed by atoms with Crippen molar-refractivity contribution < 1.29 is 9.18 Å². The van der Waals surface area contributed by atoms with E-state index in [2.05, 4.69) is 4.98 Å². The summed E-state index contributed by atoms with van der Waals surface area (Å²) >= 11 is 0. The van der Waals surface area contributed by atoms with E-state index in [1.54, 1.807) is 0 Å². The van der Waals surface area contributed by atoms with Gasteiger partial charge in [0.05, 0.1) is 11.9 Å². The van der Waals surface area contributed by atoms with Crippen LogP contribution in [0.2, 0.25) is 0 Å². The first-order chi connectivity index (χ1) is 5.11. The molecular formula is C7H7FN2O. The highest BCUT2D eigenvalue weighted by Gasteiger charge is 2.03. The lowest BCUT2D eigenvalue weighted by Crippen LogP contribution is -2.00. The molecule has 2 N–H and O–H groups in total. The van der Waals surface area contributed by atoms with E-state index < -0.39 is 5.82 Å². The van der Waals surface area contributed by atoms with E-state index in [9.17, 15) is 9.18 Å². The molecule has 0 atom stereocenters. The molecule has 0 aliphatic carbocycles. The maximum Gasteiger partial charge on any atom is 0.178 e. The fourth-order valence-corrected chi connectivity index (χ4v) is 0.647. The second-order valence-electron chi connectivity index (χ2n) is 2.15. The number of nitrogens with two attached hydrogens (primary N) is 1. The van der Waals surface area contributed by atoms with Crippen LogP contribution >= 0.6 is 0 Å². The van der Waals surface area contributed by atoms with Crippen LogP contribution in [0.1, 0.15) is 17.4 Å². The Kier molecular flexibility index (Phi) is 1.85. The van der Waals surface area contributed by atoms with Gasteiger partial charge in [0.15, 0.2) is 11.6 Å². The molecule has 0 unspecified atom stereocenters. The molecule has 0 aromatic carbocycles. The number of rotatable bonds is 1. The van der Waals surface area contributed by atoms with Gasteiger partial charge < -0.3 is 5.73 Å². The van der Waals surface area contributed by atoms with Crippen molar-refractivity contribution >= 4 is 11.5 Å². The number of Topliss-reactive ketones (excluding diaryl/α,β-unsaturated/α-hetero) is 1. The second kappa shape index (κ2) is 2.65. The molecule has 0 radical (unpaired) electrons. The van der Waals surface area contributed by atoms with Crippen LogP contribution in [0.5, 0.6) is 0 Å². The van der Waals surface area contributed by atoms with Crippen LogP contribution < -0.4 is 5.73 Å². The van der Waals surface area contributed by atoms with Crippen molar-refractivity contribution in [3.63, 3.8) is 0 Å². The Labute approximate surface area is 63.0 Å². The van der Waals surface area contributed by atoms with Crippen molar-refractivity contribution in [1.82, 2.24) is 4.98 Å². The van der Waals surface area contributed by atoms with Crippen LogP contribution in [-0.4, -0.2) is 10.8 Å². The van der Waals surface area contributed by atoms with Gasteiger partial charge in [-0.05, 0) is 6.07 Å². The summed E-state index contributed by atoms with van der Waals surface area (Å²) < 4.78 is 12.5. The van der Waals surface area contributed by atoms with E-state index in [0.29, 0.717) is 0 Å². The monoisotopic (exact) mass is 154 g/mol. The van der Waals surface area contributed by atoms with Gasteiger partial charge in [0.1, 0.15) is 5.69 Å². The third-order valence-electron chi connectivity index (χ3n) is 1.25. The number of pyridine rings is 1. The highest BCUT2D eigenvalue weighted by molar-refractivity contribution is 5.92. The van der Waals surface area contributed by atoms with E-state index >= 15 is 0 Å². The summed E-state index contributed by atoms with van der Waals surface area (Å²) in [7, 11) is 0. The number of carbonyl (C=O) groups is 1. The molecule has 1 heterocycles. The molecule has 4 heteroatoms. The zero-order valence-electron chi connectivity index (χ0n) is 5.97. The van der Waals surface area contributed by atoms with Gasteiger partial charge in [0, 0.05) is 6.92 Å². The molecule has 0 amide bonds. The summed E-state index contributed by atoms with van der Waals surface area (Å²) in [5.74, 6) is -0.827. The summed E-state index contributed by atoms with van der Waals surface area (Å²) in [5, 5.41) is 0. The second-order valence-corrected chi connectivity index (χ2v) is 2.15. The molecule has 0 aliphatic heterocycles. The van der Waals surface area contributed by atoms with E-state index in [0.717, 1.165) is 6.20 Å². The van der Waals surface area contributed by atoms with Gasteiger partial charge in [-0.1, -0.05) is 0 Å². The van der Waals surface area contributed by atoms with Crippen LogP contribution in [0.25, 0.3) is 0 Å². The van der Waals surface area contributed by atoms with Gasteiger partial charge in [-0.2, -0.15) is 0 Å². The first kappa shape index (κ1) is 7.65. The number of hydrogen-bond donors (Lipinski definition) is 1. The maximum absolute atomic E-state index is 12.5. The number of aromatic nitrogens is 1. The Hall–Kier alpha value is -1.45. The van der Waals surface area contributed by atoms with Gasteiger partial charge in [-0.15, -0.1) is 0 Å². The third kappa shape index (κ3) is 1.52. The molecule has 0 bridgehead atoms. The van der Waals surface area contributed by atoms with E-state index in [4.69, 9.17) is 5.73 Å². The summed E-state index contributed by atoms with van der Waals surface area (Å²) in [5.41, 5.74) is 5.32. The molecule has 58 valence electrons. The van der Waals surface area contributed by atoms with Crippen molar-refractivity contribution in [2.24, 2.45) is 0 Å². The molecule has 1 aromatic heterocycles. The van der Waals surface area contributed by atoms with E-state index in [1.807, 2.05) is 0 Å². The first-order valence-corrected chi connectivity index (χ1v) is 3.03. The first-order valence-electron chi connectivity index (χ1n) is 3.03. The molecular weight excluding hydrogens is 147 g/mol. The van der Waals surface area contributed by atoms with Crippen LogP contribution in [-0.2, 0) is 0 Å². The Bertz CT molecular complexity index is 298. The highest BCUT2D eigenvalue weighted by Crippen LogP contribution is 2.09. The highest BCUT2D eigenvalue weighted by atomic mass is 19.1. The van der Waals surface area contributed by atoms with Gasteiger partial charge in [-0.3, -0.25) is 4.79 Å². The van der Waals surface area contributed by atoms with E-state index in [1.165, 1.54) is 13.0 Å². The molecule has 3 nitrogen and oxygen atoms in total. The minimum atomic E-state index is -0.602. The zero-order chi connectivity index (χ0) is 8.43. The van der Waals surface area contributed by atoms with Crippen LogP contribution in [0.4, 0.5) is 10.1 Å². The summed E-state index contributed by atoms with van der Waals surface area (Å²) in [6.07, 6.45) is 0.937. The molecule has 1 rings (SSSR count). The number of halogens is 1. The molecule has 11 heavy (non-hydrogen) atoms. The molecule has 0 saturated carbocycles. The lowest BCUT2D eigenvalue weighted by Gasteiger charge is -1.96. The average molecular weight is 154 g/mol. The van der Waals surface area contributed by atoms with Crippen molar-refractivity contribution in [2.45, 2.75) is 6.92 Å². The average Bonchev–Trinajstić information content (AvgIpc) is 1.94. The van der Waals surface area contributed by atoms with Crippen LogP contribution in [0.3, 0.4) is 0 Å². The number of nitrogen functional groups attached to an aromatic ring is 1. The fraction of sp³-hybridized carbons (Fsp3) is 0.143.